The minimum atomic E-state index is -4.17. The van der Waals surface area contributed by atoms with E-state index in [0.29, 0.717) is 12.8 Å². The first-order chi connectivity index (χ1) is 11.9. The quantitative estimate of drug-likeness (QED) is 0.218. The van der Waals surface area contributed by atoms with Crippen molar-refractivity contribution in [3.8, 4) is 0 Å². The monoisotopic (exact) mass is 400 g/mol. The van der Waals surface area contributed by atoms with Crippen molar-refractivity contribution in [2.24, 2.45) is 0 Å². The summed E-state index contributed by atoms with van der Waals surface area (Å²) in [5.74, 6) is 0. The molecule has 0 radical (unpaired) electrons. The van der Waals surface area contributed by atoms with E-state index in [2.05, 4.69) is 6.92 Å². The molecule has 0 saturated heterocycles. The van der Waals surface area contributed by atoms with Crippen LogP contribution >= 0.6 is 0 Å². The SMILES string of the molecule is CCCCCCCCCCCC(CCCCCCC(C)O)S(=O)(=O)[O-].[Na+]. The summed E-state index contributed by atoms with van der Waals surface area (Å²) in [4.78, 5) is 0. The predicted octanol–water partition coefficient (Wildman–Crippen LogP) is 2.55. The van der Waals surface area contributed by atoms with E-state index in [-0.39, 0.29) is 35.7 Å². The van der Waals surface area contributed by atoms with Gasteiger partial charge in [0.1, 0.15) is 0 Å². The zero-order valence-electron chi connectivity index (χ0n) is 17.5. The number of aliphatic hydroxyl groups excluding tert-OH is 1. The van der Waals surface area contributed by atoms with Crippen molar-refractivity contribution < 1.29 is 47.6 Å². The number of hydrogen-bond acceptors (Lipinski definition) is 4. The molecule has 0 aliphatic carbocycles. The normalized spacial score (nSPS) is 14.0. The third kappa shape index (κ3) is 19.6. The molecule has 0 spiro atoms. The van der Waals surface area contributed by atoms with Crippen LogP contribution in [0.3, 0.4) is 0 Å². The number of rotatable bonds is 18. The first kappa shape index (κ1) is 29.1. The molecule has 152 valence electrons. The van der Waals surface area contributed by atoms with Gasteiger partial charge < -0.3 is 9.66 Å². The maximum Gasteiger partial charge on any atom is 1.00 e. The molecule has 0 amide bonds. The van der Waals surface area contributed by atoms with Crippen LogP contribution in [0.5, 0.6) is 0 Å². The second-order valence-corrected chi connectivity index (χ2v) is 9.22. The molecule has 0 aromatic heterocycles. The van der Waals surface area contributed by atoms with Crippen LogP contribution in [0.15, 0.2) is 0 Å². The second kappa shape index (κ2) is 19.2. The molecule has 0 aliphatic heterocycles. The minimum absolute atomic E-state index is 0. The van der Waals surface area contributed by atoms with E-state index < -0.39 is 15.4 Å². The van der Waals surface area contributed by atoms with E-state index in [1.807, 2.05) is 0 Å². The van der Waals surface area contributed by atoms with Gasteiger partial charge in [-0.1, -0.05) is 90.4 Å². The molecular formula is C20H41NaO4S. The Morgan fingerprint density at radius 2 is 1.08 bits per heavy atom. The average molecular weight is 401 g/mol. The maximum atomic E-state index is 11.4. The number of hydrogen-bond donors (Lipinski definition) is 1. The van der Waals surface area contributed by atoms with Gasteiger partial charge in [0.25, 0.3) is 0 Å². The van der Waals surface area contributed by atoms with Gasteiger partial charge in [-0.2, -0.15) is 0 Å². The van der Waals surface area contributed by atoms with E-state index >= 15 is 0 Å². The zero-order chi connectivity index (χ0) is 19.0. The van der Waals surface area contributed by atoms with Gasteiger partial charge in [-0.25, -0.2) is 8.42 Å². The zero-order valence-corrected chi connectivity index (χ0v) is 20.4. The van der Waals surface area contributed by atoms with Gasteiger partial charge in [0.2, 0.25) is 0 Å². The van der Waals surface area contributed by atoms with Crippen molar-refractivity contribution in [2.45, 2.75) is 128 Å². The topological polar surface area (TPSA) is 77.4 Å². The van der Waals surface area contributed by atoms with E-state index in [9.17, 15) is 18.1 Å². The molecule has 0 rings (SSSR count). The summed E-state index contributed by atoms with van der Waals surface area (Å²) in [5, 5.41) is 8.50. The molecule has 4 nitrogen and oxygen atoms in total. The van der Waals surface area contributed by atoms with Crippen molar-refractivity contribution >= 4 is 10.1 Å². The molecule has 0 aromatic carbocycles. The summed E-state index contributed by atoms with van der Waals surface area (Å²) in [5.41, 5.74) is 0. The summed E-state index contributed by atoms with van der Waals surface area (Å²) in [6.45, 7) is 4.00. The van der Waals surface area contributed by atoms with E-state index in [4.69, 9.17) is 0 Å². The van der Waals surface area contributed by atoms with Crippen molar-refractivity contribution in [1.29, 1.82) is 0 Å². The molecule has 0 aliphatic rings. The van der Waals surface area contributed by atoms with Gasteiger partial charge >= 0.3 is 29.6 Å². The van der Waals surface area contributed by atoms with Crippen LogP contribution in [-0.4, -0.2) is 29.4 Å². The van der Waals surface area contributed by atoms with Gasteiger partial charge in [0.15, 0.2) is 0 Å². The fourth-order valence-electron chi connectivity index (χ4n) is 3.28. The molecular weight excluding hydrogens is 359 g/mol. The van der Waals surface area contributed by atoms with Gasteiger partial charge in [-0.3, -0.25) is 0 Å². The van der Waals surface area contributed by atoms with Crippen LogP contribution in [0, 0.1) is 0 Å². The maximum absolute atomic E-state index is 11.4. The molecule has 2 unspecified atom stereocenters. The summed E-state index contributed by atoms with van der Waals surface area (Å²) >= 11 is 0. The van der Waals surface area contributed by atoms with Gasteiger partial charge in [0.05, 0.1) is 16.2 Å². The van der Waals surface area contributed by atoms with Crippen LogP contribution in [0.4, 0.5) is 0 Å². The Labute approximate surface area is 185 Å². The first-order valence-corrected chi connectivity index (χ1v) is 12.0. The van der Waals surface area contributed by atoms with Gasteiger partial charge in [-0.05, 0) is 26.2 Å². The van der Waals surface area contributed by atoms with E-state index in [0.717, 1.165) is 51.4 Å². The fourth-order valence-corrected chi connectivity index (χ4v) is 4.19. The minimum Gasteiger partial charge on any atom is -0.748 e. The number of unbranched alkanes of at least 4 members (excludes halogenated alkanes) is 11. The number of aliphatic hydroxyl groups is 1. The second-order valence-electron chi connectivity index (χ2n) is 7.57. The van der Waals surface area contributed by atoms with Crippen LogP contribution in [0.2, 0.25) is 0 Å². The van der Waals surface area contributed by atoms with Crippen molar-refractivity contribution in [3.63, 3.8) is 0 Å². The van der Waals surface area contributed by atoms with Crippen molar-refractivity contribution in [3.05, 3.63) is 0 Å². The summed E-state index contributed by atoms with van der Waals surface area (Å²) in [6, 6.07) is 0. The van der Waals surface area contributed by atoms with E-state index in [1.165, 1.54) is 38.5 Å². The third-order valence-electron chi connectivity index (χ3n) is 4.94. The Morgan fingerprint density at radius 3 is 1.42 bits per heavy atom. The fraction of sp³-hybridized carbons (Fsp3) is 1.00. The summed E-state index contributed by atoms with van der Waals surface area (Å²) in [7, 11) is -4.17. The molecule has 26 heavy (non-hydrogen) atoms. The van der Waals surface area contributed by atoms with Crippen molar-refractivity contribution in [1.82, 2.24) is 0 Å². The largest absolute Gasteiger partial charge is 1.00 e. The van der Waals surface area contributed by atoms with Crippen LogP contribution in [0.1, 0.15) is 117 Å². The Kier molecular flexibility index (Phi) is 21.5. The van der Waals surface area contributed by atoms with Crippen LogP contribution in [0.25, 0.3) is 0 Å². The van der Waals surface area contributed by atoms with Crippen LogP contribution in [-0.2, 0) is 10.1 Å². The third-order valence-corrected chi connectivity index (χ3v) is 6.22. The Morgan fingerprint density at radius 1 is 0.731 bits per heavy atom. The smallest absolute Gasteiger partial charge is 0.748 e. The molecule has 0 saturated carbocycles. The molecule has 6 heteroatoms. The molecule has 1 N–H and O–H groups in total. The summed E-state index contributed by atoms with van der Waals surface area (Å²) in [6.07, 6.45) is 16.0. The Hall–Kier alpha value is 0.870. The molecule has 2 atom stereocenters. The first-order valence-electron chi connectivity index (χ1n) is 10.5. The molecule has 0 fully saturated rings. The Bertz CT molecular complexity index is 385. The molecule has 0 aromatic rings. The Balaban J connectivity index is 0. The molecule has 0 heterocycles. The van der Waals surface area contributed by atoms with Crippen molar-refractivity contribution in [2.75, 3.05) is 0 Å². The summed E-state index contributed by atoms with van der Waals surface area (Å²) < 4.78 is 34.3. The van der Waals surface area contributed by atoms with Gasteiger partial charge in [0, 0.05) is 5.25 Å². The predicted molar refractivity (Wildman–Crippen MR) is 105 cm³/mol. The van der Waals surface area contributed by atoms with E-state index in [1.54, 1.807) is 6.92 Å². The van der Waals surface area contributed by atoms with Gasteiger partial charge in [-0.15, -0.1) is 0 Å². The average Bonchev–Trinajstić information content (AvgIpc) is 2.53. The van der Waals surface area contributed by atoms with Crippen LogP contribution < -0.4 is 29.6 Å². The standard InChI is InChI=1S/C20H42O4S.Na/c1-3-4-5-6-7-8-9-10-14-17-20(25(22,23)24)18-15-12-11-13-16-19(2)21;/h19-21H,3-18H2,1-2H3,(H,22,23,24);/q;+1/p-1. The molecule has 0 bridgehead atoms.